The second-order valence-corrected chi connectivity index (χ2v) is 11.5. The molecule has 0 saturated heterocycles. The van der Waals surface area contributed by atoms with Crippen LogP contribution < -0.4 is 0 Å². The number of hydrogen-bond donors (Lipinski definition) is 3. The van der Waals surface area contributed by atoms with Crippen molar-refractivity contribution in [3.05, 3.63) is 0 Å². The average molecular weight is 393 g/mol. The summed E-state index contributed by atoms with van der Waals surface area (Å²) in [5, 5.41) is 32.2. The fraction of sp³-hybridized carbons (Fsp3) is 1.00. The highest BCUT2D eigenvalue weighted by Crippen LogP contribution is 2.60. The molecule has 3 N–H and O–H groups in total. The quantitative estimate of drug-likeness (QED) is 0.639. The van der Waals surface area contributed by atoms with Crippen LogP contribution in [0.2, 0.25) is 0 Å². The lowest BCUT2D eigenvalue weighted by Crippen LogP contribution is -2.58. The first kappa shape index (κ1) is 21.1. The molecule has 0 aromatic rings. The molecule has 4 aliphatic rings. The number of aliphatic hydroxyl groups is 3. The van der Waals surface area contributed by atoms with E-state index in [0.29, 0.717) is 30.1 Å². The molecule has 3 nitrogen and oxygen atoms in total. The zero-order valence-electron chi connectivity index (χ0n) is 18.3. The summed E-state index contributed by atoms with van der Waals surface area (Å²) in [6.45, 7) is 7.12. The predicted molar refractivity (Wildman–Crippen MR) is 113 cm³/mol. The third-order valence-corrected chi connectivity index (χ3v) is 9.59. The van der Waals surface area contributed by atoms with Gasteiger partial charge in [0.2, 0.25) is 0 Å². The summed E-state index contributed by atoms with van der Waals surface area (Å²) >= 11 is 0. The van der Waals surface area contributed by atoms with Crippen molar-refractivity contribution in [2.24, 2.45) is 53.3 Å². The fourth-order valence-corrected chi connectivity index (χ4v) is 8.32. The summed E-state index contributed by atoms with van der Waals surface area (Å²) < 4.78 is 0. The molecule has 3 heteroatoms. The van der Waals surface area contributed by atoms with Crippen molar-refractivity contribution >= 4 is 0 Å². The smallest absolute Gasteiger partial charge is 0.0835 e. The lowest BCUT2D eigenvalue weighted by molar-refractivity contribution is -0.178. The van der Waals surface area contributed by atoms with Crippen molar-refractivity contribution in [3.8, 4) is 0 Å². The normalized spacial score (nSPS) is 49.4. The molecule has 162 valence electrons. The van der Waals surface area contributed by atoms with Gasteiger partial charge in [-0.2, -0.15) is 0 Å². The molecule has 0 bridgehead atoms. The summed E-state index contributed by atoms with van der Waals surface area (Å²) in [7, 11) is 0. The molecule has 11 atom stereocenters. The fourth-order valence-electron chi connectivity index (χ4n) is 8.32. The first-order chi connectivity index (χ1) is 13.4. The third-order valence-electron chi connectivity index (χ3n) is 9.59. The van der Waals surface area contributed by atoms with E-state index in [4.69, 9.17) is 0 Å². The largest absolute Gasteiger partial charge is 0.393 e. The Labute approximate surface area is 172 Å². The summed E-state index contributed by atoms with van der Waals surface area (Å²) in [5.74, 6) is 5.34. The van der Waals surface area contributed by atoms with E-state index < -0.39 is 12.2 Å². The van der Waals surface area contributed by atoms with Crippen molar-refractivity contribution in [1.82, 2.24) is 0 Å². The molecule has 10 unspecified atom stereocenters. The van der Waals surface area contributed by atoms with Gasteiger partial charge in [0.1, 0.15) is 0 Å². The van der Waals surface area contributed by atoms with Gasteiger partial charge in [-0.1, -0.05) is 40.0 Å². The number of hydrogen-bond acceptors (Lipinski definition) is 3. The van der Waals surface area contributed by atoms with Crippen LogP contribution >= 0.6 is 0 Å². The Hall–Kier alpha value is -0.120. The van der Waals surface area contributed by atoms with Gasteiger partial charge >= 0.3 is 0 Å². The highest BCUT2D eigenvalue weighted by molar-refractivity contribution is 5.07. The lowest BCUT2D eigenvalue weighted by Gasteiger charge is -2.56. The molecule has 0 spiro atoms. The summed E-state index contributed by atoms with van der Waals surface area (Å²) in [6.07, 6.45) is 10.4. The number of aliphatic hydroxyl groups excluding tert-OH is 3. The molecule has 0 radical (unpaired) electrons. The minimum absolute atomic E-state index is 0.115. The summed E-state index contributed by atoms with van der Waals surface area (Å²) in [4.78, 5) is 0. The van der Waals surface area contributed by atoms with Gasteiger partial charge in [0.25, 0.3) is 0 Å². The molecule has 0 aromatic carbocycles. The molecule has 4 saturated carbocycles. The van der Waals surface area contributed by atoms with Crippen LogP contribution in [0.1, 0.15) is 85.0 Å². The molecule has 4 aliphatic carbocycles. The van der Waals surface area contributed by atoms with Gasteiger partial charge in [-0.3, -0.25) is 0 Å². The van der Waals surface area contributed by atoms with Crippen LogP contribution in [-0.4, -0.2) is 33.6 Å². The van der Waals surface area contributed by atoms with E-state index in [1.807, 2.05) is 0 Å². The first-order valence-corrected chi connectivity index (χ1v) is 12.4. The maximum atomic E-state index is 11.1. The van der Waals surface area contributed by atoms with Crippen molar-refractivity contribution < 1.29 is 15.3 Å². The zero-order chi connectivity index (χ0) is 20.0. The Morgan fingerprint density at radius 2 is 1.32 bits per heavy atom. The van der Waals surface area contributed by atoms with Crippen LogP contribution in [0.4, 0.5) is 0 Å². The molecule has 0 heterocycles. The van der Waals surface area contributed by atoms with Gasteiger partial charge in [-0.15, -0.1) is 0 Å². The lowest BCUT2D eigenvalue weighted by atomic mass is 9.51. The maximum Gasteiger partial charge on any atom is 0.0835 e. The highest BCUT2D eigenvalue weighted by Gasteiger charge is 2.58. The second-order valence-electron chi connectivity index (χ2n) is 11.5. The Bertz CT molecular complexity index is 520. The van der Waals surface area contributed by atoms with Gasteiger partial charge in [0.05, 0.1) is 18.3 Å². The maximum absolute atomic E-state index is 11.1. The van der Waals surface area contributed by atoms with E-state index in [2.05, 4.69) is 20.8 Å². The molecule has 4 fully saturated rings. The van der Waals surface area contributed by atoms with Gasteiger partial charge < -0.3 is 15.3 Å². The predicted octanol–water partition coefficient (Wildman–Crippen LogP) is 4.63. The van der Waals surface area contributed by atoms with Crippen molar-refractivity contribution in [1.29, 1.82) is 0 Å². The van der Waals surface area contributed by atoms with E-state index in [-0.39, 0.29) is 12.0 Å². The van der Waals surface area contributed by atoms with Crippen LogP contribution in [0, 0.1) is 53.3 Å². The monoisotopic (exact) mass is 392 g/mol. The molecule has 0 amide bonds. The first-order valence-electron chi connectivity index (χ1n) is 12.4. The van der Waals surface area contributed by atoms with Gasteiger partial charge in [0.15, 0.2) is 0 Å². The van der Waals surface area contributed by atoms with E-state index in [9.17, 15) is 15.3 Å². The molecule has 28 heavy (non-hydrogen) atoms. The van der Waals surface area contributed by atoms with Crippen LogP contribution in [0.15, 0.2) is 0 Å². The third kappa shape index (κ3) is 3.81. The topological polar surface area (TPSA) is 60.7 Å². The van der Waals surface area contributed by atoms with E-state index in [0.717, 1.165) is 36.5 Å². The van der Waals surface area contributed by atoms with Crippen LogP contribution in [-0.2, 0) is 0 Å². The Morgan fingerprint density at radius 1 is 0.679 bits per heavy atom. The van der Waals surface area contributed by atoms with Gasteiger partial charge in [-0.05, 0) is 98.2 Å². The number of rotatable bonds is 5. The molecular formula is C25H44O3. The van der Waals surface area contributed by atoms with E-state index in [1.54, 1.807) is 0 Å². The Balaban J connectivity index is 1.44. The molecular weight excluding hydrogens is 348 g/mol. The molecule has 0 aromatic heterocycles. The van der Waals surface area contributed by atoms with Crippen LogP contribution in [0.3, 0.4) is 0 Å². The molecule has 4 rings (SSSR count). The van der Waals surface area contributed by atoms with Crippen molar-refractivity contribution in [3.63, 3.8) is 0 Å². The zero-order valence-corrected chi connectivity index (χ0v) is 18.3. The van der Waals surface area contributed by atoms with Crippen molar-refractivity contribution in [2.45, 2.75) is 103 Å². The summed E-state index contributed by atoms with van der Waals surface area (Å²) in [6, 6.07) is 0. The van der Waals surface area contributed by atoms with E-state index >= 15 is 0 Å². The molecule has 0 aliphatic heterocycles. The highest BCUT2D eigenvalue weighted by atomic mass is 16.3. The van der Waals surface area contributed by atoms with Gasteiger partial charge in [-0.25, -0.2) is 0 Å². The Kier molecular flexibility index (Phi) is 6.45. The summed E-state index contributed by atoms with van der Waals surface area (Å²) in [5.41, 5.74) is 0. The van der Waals surface area contributed by atoms with Gasteiger partial charge in [0, 0.05) is 0 Å². The van der Waals surface area contributed by atoms with Crippen molar-refractivity contribution in [2.75, 3.05) is 0 Å². The average Bonchev–Trinajstić information content (AvgIpc) is 3.09. The second kappa shape index (κ2) is 8.55. The standard InChI is InChI=1S/C25H44O3/c1-14(2)5-4-6-15(3)17-9-11-20-18(17)10-12-21-19-8-7-16(26)13-22(19)24(27)25(28)23(20)21/h14-28H,4-13H2,1-3H3/t15?,16?,17?,18?,19?,20?,21?,22?,23?,24-,25?/m1/s1. The number of fused-ring (bicyclic) bond motifs is 5. The van der Waals surface area contributed by atoms with Crippen LogP contribution in [0.5, 0.6) is 0 Å². The minimum Gasteiger partial charge on any atom is -0.393 e. The van der Waals surface area contributed by atoms with E-state index in [1.165, 1.54) is 44.9 Å². The Morgan fingerprint density at radius 3 is 2.07 bits per heavy atom. The van der Waals surface area contributed by atoms with Crippen LogP contribution in [0.25, 0.3) is 0 Å². The SMILES string of the molecule is CC(C)CCCC(C)C1CCC2C1CCC1C3CCC(O)CC3[C@@H](O)C(O)C21. The minimum atomic E-state index is -0.623.